The number of carbonyl (C=O) groups excluding carboxylic acids is 2. The first-order valence-corrected chi connectivity index (χ1v) is 8.92. The average Bonchev–Trinajstić information content (AvgIpc) is 3.07. The number of piperazine rings is 1. The average molecular weight is 364 g/mol. The van der Waals surface area contributed by atoms with E-state index in [0.29, 0.717) is 59.8 Å². The van der Waals surface area contributed by atoms with Crippen molar-refractivity contribution in [1.82, 2.24) is 19.9 Å². The number of hydrogen-bond acceptors (Lipinski definition) is 5. The number of rotatable bonds is 2. The van der Waals surface area contributed by atoms with Gasteiger partial charge in [-0.05, 0) is 32.0 Å². The van der Waals surface area contributed by atoms with Gasteiger partial charge in [-0.3, -0.25) is 9.59 Å². The molecule has 0 bridgehead atoms. The zero-order valence-electron chi connectivity index (χ0n) is 15.3. The van der Waals surface area contributed by atoms with Crippen LogP contribution >= 0.6 is 0 Å². The smallest absolute Gasteiger partial charge is 0.258 e. The van der Waals surface area contributed by atoms with Crippen LogP contribution in [0, 0.1) is 13.8 Å². The minimum Gasteiger partial charge on any atom is -0.336 e. The van der Waals surface area contributed by atoms with Crippen LogP contribution in [0.5, 0.6) is 0 Å². The number of amides is 2. The van der Waals surface area contributed by atoms with Crippen LogP contribution in [0.2, 0.25) is 0 Å². The highest BCUT2D eigenvalue weighted by Crippen LogP contribution is 2.23. The summed E-state index contributed by atoms with van der Waals surface area (Å²) in [5, 5.41) is 4.59. The van der Waals surface area contributed by atoms with Crippen molar-refractivity contribution < 1.29 is 14.1 Å². The second-order valence-electron chi connectivity index (χ2n) is 6.71. The van der Waals surface area contributed by atoms with Crippen LogP contribution in [0.1, 0.15) is 32.1 Å². The van der Waals surface area contributed by atoms with E-state index in [1.807, 2.05) is 37.3 Å². The molecule has 2 amide bonds. The molecule has 1 aliphatic heterocycles. The molecule has 1 aromatic carbocycles. The molecule has 1 saturated heterocycles. The number of carbonyl (C=O) groups is 2. The minimum atomic E-state index is -0.0800. The van der Waals surface area contributed by atoms with E-state index in [2.05, 4.69) is 10.1 Å². The predicted molar refractivity (Wildman–Crippen MR) is 99.5 cm³/mol. The number of aryl methyl sites for hydroxylation is 2. The second kappa shape index (κ2) is 6.83. The summed E-state index contributed by atoms with van der Waals surface area (Å²) in [6, 6.07) is 11.0. The Hall–Kier alpha value is -3.22. The van der Waals surface area contributed by atoms with Crippen molar-refractivity contribution in [3.63, 3.8) is 0 Å². The topological polar surface area (TPSA) is 79.5 Å². The molecule has 7 nitrogen and oxygen atoms in total. The Morgan fingerprint density at radius 2 is 1.59 bits per heavy atom. The molecule has 4 rings (SSSR count). The van der Waals surface area contributed by atoms with Gasteiger partial charge in [0, 0.05) is 37.4 Å². The molecule has 0 radical (unpaired) electrons. The van der Waals surface area contributed by atoms with E-state index in [0.717, 1.165) is 0 Å². The summed E-state index contributed by atoms with van der Waals surface area (Å²) in [4.78, 5) is 33.5. The predicted octanol–water partition coefficient (Wildman–Crippen LogP) is 2.44. The highest BCUT2D eigenvalue weighted by molar-refractivity contribution is 6.06. The zero-order valence-corrected chi connectivity index (χ0v) is 15.3. The standard InChI is InChI=1S/C20H20N4O3/c1-13-12-16(17-14(2)22-27-18(17)21-13)20(26)24-10-8-23(9-11-24)19(25)15-6-4-3-5-7-15/h3-7,12H,8-11H2,1-2H3. The van der Waals surface area contributed by atoms with Gasteiger partial charge in [0.1, 0.15) is 0 Å². The number of nitrogens with zero attached hydrogens (tertiary/aromatic N) is 4. The van der Waals surface area contributed by atoms with Crippen molar-refractivity contribution in [2.24, 2.45) is 0 Å². The van der Waals surface area contributed by atoms with Crippen molar-refractivity contribution in [3.8, 4) is 0 Å². The number of pyridine rings is 1. The third-order valence-corrected chi connectivity index (χ3v) is 4.85. The summed E-state index contributed by atoms with van der Waals surface area (Å²) < 4.78 is 5.22. The molecule has 0 atom stereocenters. The second-order valence-corrected chi connectivity index (χ2v) is 6.71. The Balaban J connectivity index is 1.51. The Morgan fingerprint density at radius 1 is 0.963 bits per heavy atom. The molecular weight excluding hydrogens is 344 g/mol. The zero-order chi connectivity index (χ0) is 19.0. The lowest BCUT2D eigenvalue weighted by Crippen LogP contribution is -2.50. The fourth-order valence-corrected chi connectivity index (χ4v) is 3.43. The van der Waals surface area contributed by atoms with E-state index in [9.17, 15) is 9.59 Å². The molecule has 3 heterocycles. The molecule has 1 fully saturated rings. The number of benzene rings is 1. The van der Waals surface area contributed by atoms with Crippen LogP contribution in [-0.2, 0) is 0 Å². The maximum absolute atomic E-state index is 13.1. The van der Waals surface area contributed by atoms with Gasteiger partial charge in [-0.25, -0.2) is 4.98 Å². The van der Waals surface area contributed by atoms with Crippen molar-refractivity contribution in [3.05, 3.63) is 58.9 Å². The van der Waals surface area contributed by atoms with Crippen molar-refractivity contribution >= 4 is 22.9 Å². The Morgan fingerprint density at radius 3 is 2.26 bits per heavy atom. The van der Waals surface area contributed by atoms with Crippen molar-refractivity contribution in [2.75, 3.05) is 26.2 Å². The van der Waals surface area contributed by atoms with E-state index in [1.165, 1.54) is 0 Å². The van der Waals surface area contributed by atoms with Crippen LogP contribution < -0.4 is 0 Å². The third kappa shape index (κ3) is 3.16. The summed E-state index contributed by atoms with van der Waals surface area (Å²) in [5.74, 6) is -0.0802. The lowest BCUT2D eigenvalue weighted by molar-refractivity contribution is 0.0536. The molecule has 0 spiro atoms. The van der Waals surface area contributed by atoms with Gasteiger partial charge in [-0.1, -0.05) is 23.4 Å². The van der Waals surface area contributed by atoms with Gasteiger partial charge in [0.05, 0.1) is 16.6 Å². The number of fused-ring (bicyclic) bond motifs is 1. The van der Waals surface area contributed by atoms with E-state index >= 15 is 0 Å². The van der Waals surface area contributed by atoms with Crippen LogP contribution in [-0.4, -0.2) is 57.9 Å². The molecular formula is C20H20N4O3. The van der Waals surface area contributed by atoms with Gasteiger partial charge < -0.3 is 14.3 Å². The summed E-state index contributed by atoms with van der Waals surface area (Å²) in [6.45, 7) is 5.63. The largest absolute Gasteiger partial charge is 0.336 e. The molecule has 0 unspecified atom stereocenters. The molecule has 0 aliphatic carbocycles. The van der Waals surface area contributed by atoms with Crippen LogP contribution in [0.3, 0.4) is 0 Å². The van der Waals surface area contributed by atoms with E-state index in [1.54, 1.807) is 22.8 Å². The highest BCUT2D eigenvalue weighted by atomic mass is 16.5. The maximum Gasteiger partial charge on any atom is 0.258 e. The van der Waals surface area contributed by atoms with E-state index in [4.69, 9.17) is 4.52 Å². The van der Waals surface area contributed by atoms with Gasteiger partial charge in [-0.15, -0.1) is 0 Å². The Labute approximate surface area is 156 Å². The minimum absolute atomic E-state index is 0.000256. The van der Waals surface area contributed by atoms with Gasteiger partial charge in [0.15, 0.2) is 0 Å². The molecule has 0 N–H and O–H groups in total. The van der Waals surface area contributed by atoms with Crippen LogP contribution in [0.25, 0.3) is 11.1 Å². The maximum atomic E-state index is 13.1. The summed E-state index contributed by atoms with van der Waals surface area (Å²) in [6.07, 6.45) is 0. The van der Waals surface area contributed by atoms with Gasteiger partial charge >= 0.3 is 0 Å². The Kier molecular flexibility index (Phi) is 4.35. The quantitative estimate of drug-likeness (QED) is 0.698. The van der Waals surface area contributed by atoms with E-state index < -0.39 is 0 Å². The summed E-state index contributed by atoms with van der Waals surface area (Å²) in [5.41, 5.74) is 2.97. The summed E-state index contributed by atoms with van der Waals surface area (Å²) >= 11 is 0. The third-order valence-electron chi connectivity index (χ3n) is 4.85. The lowest BCUT2D eigenvalue weighted by Gasteiger charge is -2.35. The van der Waals surface area contributed by atoms with E-state index in [-0.39, 0.29) is 11.8 Å². The molecule has 2 aromatic heterocycles. The van der Waals surface area contributed by atoms with Gasteiger partial charge in [-0.2, -0.15) is 0 Å². The monoisotopic (exact) mass is 364 g/mol. The first-order valence-electron chi connectivity index (χ1n) is 8.92. The van der Waals surface area contributed by atoms with Gasteiger partial charge in [0.2, 0.25) is 0 Å². The molecule has 7 heteroatoms. The normalized spacial score (nSPS) is 14.6. The molecule has 3 aromatic rings. The van der Waals surface area contributed by atoms with Gasteiger partial charge in [0.25, 0.3) is 17.5 Å². The highest BCUT2D eigenvalue weighted by Gasteiger charge is 2.27. The van der Waals surface area contributed by atoms with Crippen molar-refractivity contribution in [1.29, 1.82) is 0 Å². The van der Waals surface area contributed by atoms with Crippen LogP contribution in [0.4, 0.5) is 0 Å². The van der Waals surface area contributed by atoms with Crippen LogP contribution in [0.15, 0.2) is 40.9 Å². The molecule has 138 valence electrons. The fourth-order valence-electron chi connectivity index (χ4n) is 3.43. The SMILES string of the molecule is Cc1cc(C(=O)N2CCN(C(=O)c3ccccc3)CC2)c2c(C)noc2n1. The lowest BCUT2D eigenvalue weighted by atomic mass is 10.1. The number of aromatic nitrogens is 2. The fraction of sp³-hybridized carbons (Fsp3) is 0.300. The molecule has 1 aliphatic rings. The first kappa shape index (κ1) is 17.2. The first-order chi connectivity index (χ1) is 13.0. The number of hydrogen-bond donors (Lipinski definition) is 0. The summed E-state index contributed by atoms with van der Waals surface area (Å²) in [7, 11) is 0. The molecule has 0 saturated carbocycles. The van der Waals surface area contributed by atoms with Crippen molar-refractivity contribution in [2.45, 2.75) is 13.8 Å². The Bertz CT molecular complexity index is 1000. The molecule has 27 heavy (non-hydrogen) atoms.